The summed E-state index contributed by atoms with van der Waals surface area (Å²) in [4.78, 5) is 0. The molecule has 4 rings (SSSR count). The molecule has 2 aliphatic rings. The first-order chi connectivity index (χ1) is 12.7. The monoisotopic (exact) mass is 356 g/mol. The molecule has 2 heterocycles. The van der Waals surface area contributed by atoms with Crippen molar-refractivity contribution >= 4 is 0 Å². The number of ether oxygens (including phenoxy) is 4. The molecule has 2 aliphatic heterocycles. The summed E-state index contributed by atoms with van der Waals surface area (Å²) >= 11 is 0. The van der Waals surface area contributed by atoms with Gasteiger partial charge in [0, 0.05) is 11.5 Å². The molecule has 0 bridgehead atoms. The molecule has 0 aliphatic carbocycles. The first kappa shape index (κ1) is 17.6. The van der Waals surface area contributed by atoms with Crippen molar-refractivity contribution in [3.8, 4) is 0 Å². The number of aliphatic hydroxyl groups is 1. The molecule has 1 N–H and O–H groups in total. The molecule has 0 saturated carbocycles. The highest BCUT2D eigenvalue weighted by Gasteiger charge is 2.48. The molecule has 2 fully saturated rings. The summed E-state index contributed by atoms with van der Waals surface area (Å²) in [6.45, 7) is 2.84. The van der Waals surface area contributed by atoms with Gasteiger partial charge in [-0.25, -0.2) is 0 Å². The summed E-state index contributed by atoms with van der Waals surface area (Å²) in [5.74, 6) is -0.0254. The van der Waals surface area contributed by atoms with Gasteiger partial charge in [0.25, 0.3) is 0 Å². The van der Waals surface area contributed by atoms with E-state index in [1.807, 2.05) is 67.6 Å². The Labute approximate surface area is 153 Å². The van der Waals surface area contributed by atoms with Crippen molar-refractivity contribution in [1.82, 2.24) is 0 Å². The average Bonchev–Trinajstić information content (AvgIpc) is 2.69. The van der Waals surface area contributed by atoms with Gasteiger partial charge in [0.05, 0.1) is 19.3 Å². The zero-order chi connectivity index (χ0) is 17.9. The van der Waals surface area contributed by atoms with Gasteiger partial charge < -0.3 is 24.1 Å². The Morgan fingerprint density at radius 2 is 1.69 bits per heavy atom. The number of hydrogen-bond acceptors (Lipinski definition) is 5. The van der Waals surface area contributed by atoms with E-state index < -0.39 is 18.7 Å². The Morgan fingerprint density at radius 1 is 1.00 bits per heavy atom. The van der Waals surface area contributed by atoms with Crippen LogP contribution in [-0.2, 0) is 25.6 Å². The van der Waals surface area contributed by atoms with Crippen LogP contribution in [0.1, 0.15) is 24.3 Å². The summed E-state index contributed by atoms with van der Waals surface area (Å²) < 4.78 is 23.7. The molecule has 0 spiro atoms. The maximum atomic E-state index is 10.4. The molecule has 26 heavy (non-hydrogen) atoms. The van der Waals surface area contributed by atoms with Crippen LogP contribution in [0.3, 0.4) is 0 Å². The van der Waals surface area contributed by atoms with E-state index in [1.54, 1.807) is 0 Å². The molecule has 0 amide bonds. The average molecular weight is 356 g/mol. The maximum absolute atomic E-state index is 10.4. The van der Waals surface area contributed by atoms with Crippen molar-refractivity contribution in [3.05, 3.63) is 71.8 Å². The summed E-state index contributed by atoms with van der Waals surface area (Å²) in [7, 11) is 0. The molecule has 6 atom stereocenters. The van der Waals surface area contributed by atoms with Crippen LogP contribution in [0.25, 0.3) is 0 Å². The van der Waals surface area contributed by atoms with Gasteiger partial charge >= 0.3 is 0 Å². The van der Waals surface area contributed by atoms with Crippen molar-refractivity contribution < 1.29 is 24.1 Å². The SMILES string of the molecule is C[C@@H]1C(OCc2ccccc2)C(O)OC2COC(c3ccccc3)O[C@H]21. The van der Waals surface area contributed by atoms with Gasteiger partial charge in [-0.15, -0.1) is 0 Å². The third-order valence-electron chi connectivity index (χ3n) is 5.05. The van der Waals surface area contributed by atoms with E-state index in [9.17, 15) is 5.11 Å². The number of aliphatic hydroxyl groups excluding tert-OH is 1. The lowest BCUT2D eigenvalue weighted by atomic mass is 9.89. The normalized spacial score (nSPS) is 34.2. The molecule has 5 nitrogen and oxygen atoms in total. The summed E-state index contributed by atoms with van der Waals surface area (Å²) in [5, 5.41) is 10.4. The second-order valence-electron chi connectivity index (χ2n) is 6.86. The van der Waals surface area contributed by atoms with Crippen LogP contribution in [0.2, 0.25) is 0 Å². The molecule has 2 aromatic carbocycles. The van der Waals surface area contributed by atoms with Crippen molar-refractivity contribution in [2.45, 2.75) is 44.4 Å². The summed E-state index contributed by atoms with van der Waals surface area (Å²) in [5.41, 5.74) is 2.04. The number of benzene rings is 2. The zero-order valence-electron chi connectivity index (χ0n) is 14.7. The molecular formula is C21H24O5. The third kappa shape index (κ3) is 3.68. The quantitative estimate of drug-likeness (QED) is 0.913. The minimum Gasteiger partial charge on any atom is -0.368 e. The van der Waals surface area contributed by atoms with E-state index in [0.717, 1.165) is 11.1 Å². The summed E-state index contributed by atoms with van der Waals surface area (Å²) in [6, 6.07) is 19.8. The van der Waals surface area contributed by atoms with E-state index in [1.165, 1.54) is 0 Å². The van der Waals surface area contributed by atoms with Gasteiger partial charge in [0.1, 0.15) is 12.2 Å². The second kappa shape index (κ2) is 7.86. The molecule has 4 unspecified atom stereocenters. The van der Waals surface area contributed by atoms with Crippen molar-refractivity contribution in [3.63, 3.8) is 0 Å². The highest BCUT2D eigenvalue weighted by Crippen LogP contribution is 2.37. The lowest BCUT2D eigenvalue weighted by Crippen LogP contribution is -2.58. The fraction of sp³-hybridized carbons (Fsp3) is 0.429. The fourth-order valence-corrected chi connectivity index (χ4v) is 3.61. The van der Waals surface area contributed by atoms with Crippen molar-refractivity contribution in [1.29, 1.82) is 0 Å². The van der Waals surface area contributed by atoms with Crippen molar-refractivity contribution in [2.24, 2.45) is 5.92 Å². The van der Waals surface area contributed by atoms with Crippen LogP contribution in [0, 0.1) is 5.92 Å². The van der Waals surface area contributed by atoms with Gasteiger partial charge in [-0.05, 0) is 5.56 Å². The van der Waals surface area contributed by atoms with E-state index >= 15 is 0 Å². The first-order valence-electron chi connectivity index (χ1n) is 9.03. The Hall–Kier alpha value is -1.76. The van der Waals surface area contributed by atoms with Gasteiger partial charge in [-0.1, -0.05) is 67.6 Å². The number of rotatable bonds is 4. The van der Waals surface area contributed by atoms with Gasteiger partial charge in [-0.2, -0.15) is 0 Å². The van der Waals surface area contributed by atoms with Crippen LogP contribution in [-0.4, -0.2) is 36.3 Å². The Morgan fingerprint density at radius 3 is 2.42 bits per heavy atom. The smallest absolute Gasteiger partial charge is 0.184 e. The van der Waals surface area contributed by atoms with Crippen LogP contribution < -0.4 is 0 Å². The third-order valence-corrected chi connectivity index (χ3v) is 5.05. The summed E-state index contributed by atoms with van der Waals surface area (Å²) in [6.07, 6.45) is -2.36. The molecule has 2 saturated heterocycles. The van der Waals surface area contributed by atoms with Crippen LogP contribution in [0.5, 0.6) is 0 Å². The molecule has 0 aromatic heterocycles. The molecule has 2 aromatic rings. The highest BCUT2D eigenvalue weighted by molar-refractivity contribution is 5.17. The van der Waals surface area contributed by atoms with Crippen LogP contribution in [0.15, 0.2) is 60.7 Å². The minimum absolute atomic E-state index is 0.0254. The van der Waals surface area contributed by atoms with Crippen LogP contribution >= 0.6 is 0 Å². The topological polar surface area (TPSA) is 57.2 Å². The lowest BCUT2D eigenvalue weighted by Gasteiger charge is -2.47. The zero-order valence-corrected chi connectivity index (χ0v) is 14.7. The predicted octanol–water partition coefficient (Wildman–Crippen LogP) is 3.04. The van der Waals surface area contributed by atoms with E-state index in [2.05, 4.69) is 0 Å². The number of fused-ring (bicyclic) bond motifs is 1. The molecule has 138 valence electrons. The Balaban J connectivity index is 1.44. The lowest BCUT2D eigenvalue weighted by molar-refractivity contribution is -0.350. The van der Waals surface area contributed by atoms with Gasteiger partial charge in [0.15, 0.2) is 12.6 Å². The highest BCUT2D eigenvalue weighted by atomic mass is 16.7. The predicted molar refractivity (Wildman–Crippen MR) is 95.1 cm³/mol. The molecular weight excluding hydrogens is 332 g/mol. The maximum Gasteiger partial charge on any atom is 0.184 e. The Bertz CT molecular complexity index is 692. The second-order valence-corrected chi connectivity index (χ2v) is 6.86. The standard InChI is InChI=1S/C21H24O5/c1-14-18-17(13-24-21(26-18)16-10-6-3-7-11-16)25-20(22)19(14)23-12-15-8-4-2-5-9-15/h2-11,14,17-22H,12-13H2,1H3/t14-,17?,18-,19?,20?,21?/m0/s1. The van der Waals surface area contributed by atoms with E-state index in [0.29, 0.717) is 13.2 Å². The first-order valence-corrected chi connectivity index (χ1v) is 9.03. The minimum atomic E-state index is -0.990. The molecule has 5 heteroatoms. The fourth-order valence-electron chi connectivity index (χ4n) is 3.61. The van der Waals surface area contributed by atoms with Crippen molar-refractivity contribution in [2.75, 3.05) is 6.61 Å². The molecule has 0 radical (unpaired) electrons. The van der Waals surface area contributed by atoms with Gasteiger partial charge in [0.2, 0.25) is 0 Å². The largest absolute Gasteiger partial charge is 0.368 e. The van der Waals surface area contributed by atoms with Crippen LogP contribution in [0.4, 0.5) is 0 Å². The Kier molecular flexibility index (Phi) is 5.33. The number of hydrogen-bond donors (Lipinski definition) is 1. The van der Waals surface area contributed by atoms with E-state index in [-0.39, 0.29) is 18.1 Å². The van der Waals surface area contributed by atoms with Gasteiger partial charge in [-0.3, -0.25) is 0 Å². The van der Waals surface area contributed by atoms with E-state index in [4.69, 9.17) is 18.9 Å².